The van der Waals surface area contributed by atoms with Crippen molar-refractivity contribution in [3.8, 4) is 5.75 Å². The summed E-state index contributed by atoms with van der Waals surface area (Å²) in [4.78, 5) is 24.6. The number of carbonyl (C=O) groups excluding carboxylic acids is 1. The van der Waals surface area contributed by atoms with E-state index in [1.165, 1.54) is 0 Å². The number of rotatable bonds is 5. The summed E-state index contributed by atoms with van der Waals surface area (Å²) in [6.45, 7) is 1.30. The summed E-state index contributed by atoms with van der Waals surface area (Å²) in [7, 11) is 1.99. The lowest BCUT2D eigenvalue weighted by molar-refractivity contribution is -0.139. The fraction of sp³-hybridized carbons (Fsp3) is 0.429. The minimum atomic E-state index is -1.03. The molecule has 6 nitrogen and oxygen atoms in total. The molecular weight excluding hydrogens is 260 g/mol. The van der Waals surface area contributed by atoms with Gasteiger partial charge in [-0.1, -0.05) is 6.07 Å². The van der Waals surface area contributed by atoms with Gasteiger partial charge in [0.15, 0.2) is 6.61 Å². The smallest absolute Gasteiger partial charge is 0.341 e. The number of carboxylic acids is 1. The van der Waals surface area contributed by atoms with Crippen LogP contribution in [0.4, 0.5) is 5.69 Å². The maximum Gasteiger partial charge on any atom is 0.341 e. The molecule has 1 heterocycles. The third-order valence-electron chi connectivity index (χ3n) is 3.23. The number of anilines is 1. The Balaban J connectivity index is 1.93. The highest BCUT2D eigenvalue weighted by Crippen LogP contribution is 2.20. The number of likely N-dealkylation sites (tertiary alicyclic amines) is 1. The van der Waals surface area contributed by atoms with Crippen molar-refractivity contribution in [3.05, 3.63) is 24.3 Å². The predicted octanol–water partition coefficient (Wildman–Crippen LogP) is 1.04. The van der Waals surface area contributed by atoms with E-state index in [9.17, 15) is 9.59 Å². The quantitative estimate of drug-likeness (QED) is 0.841. The SMILES string of the molecule is CN1CCC(C(=O)Nc2cccc(OCC(=O)O)c2)C1. The van der Waals surface area contributed by atoms with E-state index in [0.717, 1.165) is 19.5 Å². The average Bonchev–Trinajstić information content (AvgIpc) is 2.84. The summed E-state index contributed by atoms with van der Waals surface area (Å²) in [5.41, 5.74) is 0.618. The fourth-order valence-corrected chi connectivity index (χ4v) is 2.20. The van der Waals surface area contributed by atoms with E-state index in [-0.39, 0.29) is 11.8 Å². The Morgan fingerprint density at radius 2 is 2.30 bits per heavy atom. The molecule has 2 N–H and O–H groups in total. The topological polar surface area (TPSA) is 78.9 Å². The molecule has 1 aromatic carbocycles. The Labute approximate surface area is 117 Å². The van der Waals surface area contributed by atoms with E-state index in [2.05, 4.69) is 10.2 Å². The highest BCUT2D eigenvalue weighted by atomic mass is 16.5. The van der Waals surface area contributed by atoms with Gasteiger partial charge >= 0.3 is 5.97 Å². The first kappa shape index (κ1) is 14.3. The second kappa shape index (κ2) is 6.38. The van der Waals surface area contributed by atoms with Gasteiger partial charge in [-0.3, -0.25) is 4.79 Å². The van der Waals surface area contributed by atoms with Crippen molar-refractivity contribution >= 4 is 17.6 Å². The number of nitrogens with zero attached hydrogens (tertiary/aromatic N) is 1. The second-order valence-corrected chi connectivity index (χ2v) is 4.95. The molecule has 1 aromatic rings. The van der Waals surface area contributed by atoms with E-state index >= 15 is 0 Å². The molecule has 1 aliphatic rings. The minimum Gasteiger partial charge on any atom is -0.482 e. The van der Waals surface area contributed by atoms with Crippen LogP contribution in [0.15, 0.2) is 24.3 Å². The van der Waals surface area contributed by atoms with Crippen LogP contribution < -0.4 is 10.1 Å². The monoisotopic (exact) mass is 278 g/mol. The number of nitrogens with one attached hydrogen (secondary N) is 1. The number of carboxylic acid groups (broad SMARTS) is 1. The fourth-order valence-electron chi connectivity index (χ4n) is 2.20. The van der Waals surface area contributed by atoms with Crippen LogP contribution in [0.2, 0.25) is 0 Å². The molecule has 1 amide bonds. The van der Waals surface area contributed by atoms with Crippen molar-refractivity contribution in [2.45, 2.75) is 6.42 Å². The molecule has 0 aliphatic carbocycles. The van der Waals surface area contributed by atoms with Gasteiger partial charge in [0.25, 0.3) is 0 Å². The van der Waals surface area contributed by atoms with E-state index in [0.29, 0.717) is 11.4 Å². The standard InChI is InChI=1S/C14H18N2O4/c1-16-6-5-10(8-16)14(19)15-11-3-2-4-12(7-11)20-9-13(17)18/h2-4,7,10H,5-6,8-9H2,1H3,(H,15,19)(H,17,18). The number of hydrogen-bond acceptors (Lipinski definition) is 4. The lowest BCUT2D eigenvalue weighted by Gasteiger charge is -2.12. The van der Waals surface area contributed by atoms with E-state index < -0.39 is 12.6 Å². The molecule has 1 fully saturated rings. The summed E-state index contributed by atoms with van der Waals surface area (Å²) in [6.07, 6.45) is 0.859. The number of hydrogen-bond donors (Lipinski definition) is 2. The zero-order valence-electron chi connectivity index (χ0n) is 11.3. The molecular formula is C14H18N2O4. The number of amides is 1. The second-order valence-electron chi connectivity index (χ2n) is 4.95. The van der Waals surface area contributed by atoms with Crippen molar-refractivity contribution in [1.82, 2.24) is 4.90 Å². The summed E-state index contributed by atoms with van der Waals surface area (Å²) in [5.74, 6) is -0.615. The Bertz CT molecular complexity index is 504. The Kier molecular flexibility index (Phi) is 4.57. The van der Waals surface area contributed by atoms with E-state index in [1.54, 1.807) is 24.3 Å². The molecule has 6 heteroatoms. The van der Waals surface area contributed by atoms with Gasteiger partial charge in [0.05, 0.1) is 5.92 Å². The zero-order chi connectivity index (χ0) is 14.5. The normalized spacial score (nSPS) is 18.8. The predicted molar refractivity (Wildman–Crippen MR) is 73.8 cm³/mol. The lowest BCUT2D eigenvalue weighted by Crippen LogP contribution is -2.25. The molecule has 0 saturated carbocycles. The molecule has 108 valence electrons. The van der Waals surface area contributed by atoms with Crippen LogP contribution in [0.5, 0.6) is 5.75 Å². The van der Waals surface area contributed by atoms with Gasteiger partial charge in [-0.05, 0) is 32.1 Å². The number of carbonyl (C=O) groups is 2. The summed E-state index contributed by atoms with van der Waals surface area (Å²) >= 11 is 0. The molecule has 2 rings (SSSR count). The molecule has 20 heavy (non-hydrogen) atoms. The molecule has 1 saturated heterocycles. The maximum atomic E-state index is 12.1. The van der Waals surface area contributed by atoms with Crippen molar-refractivity contribution in [1.29, 1.82) is 0 Å². The number of benzene rings is 1. The van der Waals surface area contributed by atoms with Crippen molar-refractivity contribution in [2.24, 2.45) is 5.92 Å². The lowest BCUT2D eigenvalue weighted by atomic mass is 10.1. The van der Waals surface area contributed by atoms with Crippen LogP contribution in [0.1, 0.15) is 6.42 Å². The average molecular weight is 278 g/mol. The van der Waals surface area contributed by atoms with Crippen molar-refractivity contribution in [3.63, 3.8) is 0 Å². The molecule has 0 bridgehead atoms. The largest absolute Gasteiger partial charge is 0.482 e. The number of aliphatic carboxylic acids is 1. The van der Waals surface area contributed by atoms with Crippen LogP contribution in [0.3, 0.4) is 0 Å². The van der Waals surface area contributed by atoms with Crippen LogP contribution in [0, 0.1) is 5.92 Å². The molecule has 0 spiro atoms. The molecule has 0 radical (unpaired) electrons. The van der Waals surface area contributed by atoms with Gasteiger partial charge in [0.2, 0.25) is 5.91 Å². The van der Waals surface area contributed by atoms with Gasteiger partial charge in [-0.15, -0.1) is 0 Å². The van der Waals surface area contributed by atoms with Crippen LogP contribution >= 0.6 is 0 Å². The summed E-state index contributed by atoms with van der Waals surface area (Å²) in [5, 5.41) is 11.4. The highest BCUT2D eigenvalue weighted by molar-refractivity contribution is 5.93. The summed E-state index contributed by atoms with van der Waals surface area (Å²) in [6, 6.07) is 6.75. The van der Waals surface area contributed by atoms with E-state index in [1.807, 2.05) is 7.05 Å². The first-order chi connectivity index (χ1) is 9.54. The molecule has 1 unspecified atom stereocenters. The first-order valence-electron chi connectivity index (χ1n) is 6.48. The number of ether oxygens (including phenoxy) is 1. The molecule has 0 aromatic heterocycles. The third kappa shape index (κ3) is 3.96. The van der Waals surface area contributed by atoms with Crippen molar-refractivity contribution in [2.75, 3.05) is 32.1 Å². The minimum absolute atomic E-state index is 0.00333. The molecule has 1 atom stereocenters. The van der Waals surface area contributed by atoms with Crippen LogP contribution in [0.25, 0.3) is 0 Å². The van der Waals surface area contributed by atoms with Crippen molar-refractivity contribution < 1.29 is 19.4 Å². The van der Waals surface area contributed by atoms with Gasteiger partial charge < -0.3 is 20.1 Å². The van der Waals surface area contributed by atoms with Gasteiger partial charge in [-0.25, -0.2) is 4.79 Å². The van der Waals surface area contributed by atoms with Gasteiger partial charge in [-0.2, -0.15) is 0 Å². The Morgan fingerprint density at radius 1 is 1.50 bits per heavy atom. The van der Waals surface area contributed by atoms with E-state index in [4.69, 9.17) is 9.84 Å². The van der Waals surface area contributed by atoms with Crippen LogP contribution in [-0.4, -0.2) is 48.6 Å². The Morgan fingerprint density at radius 3 is 2.95 bits per heavy atom. The van der Waals surface area contributed by atoms with Gasteiger partial charge in [0, 0.05) is 18.3 Å². The maximum absolute atomic E-state index is 12.1. The van der Waals surface area contributed by atoms with Gasteiger partial charge in [0.1, 0.15) is 5.75 Å². The first-order valence-corrected chi connectivity index (χ1v) is 6.48. The Hall–Kier alpha value is -2.08. The third-order valence-corrected chi connectivity index (χ3v) is 3.23. The highest BCUT2D eigenvalue weighted by Gasteiger charge is 2.26. The zero-order valence-corrected chi connectivity index (χ0v) is 11.3. The van der Waals surface area contributed by atoms with Crippen LogP contribution in [-0.2, 0) is 9.59 Å². The molecule has 1 aliphatic heterocycles. The summed E-state index contributed by atoms with van der Waals surface area (Å²) < 4.78 is 5.07.